The predicted octanol–water partition coefficient (Wildman–Crippen LogP) is 1.91. The van der Waals surface area contributed by atoms with Crippen LogP contribution >= 0.6 is 0 Å². The molecule has 2 heterocycles. The van der Waals surface area contributed by atoms with Crippen molar-refractivity contribution in [1.82, 2.24) is 9.97 Å². The molecule has 0 saturated heterocycles. The summed E-state index contributed by atoms with van der Waals surface area (Å²) in [6.45, 7) is 2.48. The summed E-state index contributed by atoms with van der Waals surface area (Å²) in [4.78, 5) is 8.40. The number of hydrogen-bond donors (Lipinski definition) is 1. The lowest BCUT2D eigenvalue weighted by Gasteiger charge is -2.03. The quantitative estimate of drug-likeness (QED) is 0.803. The van der Waals surface area contributed by atoms with Gasteiger partial charge in [0.05, 0.1) is 0 Å². The number of aromatic nitrogens is 2. The predicted molar refractivity (Wildman–Crippen MR) is 60.1 cm³/mol. The van der Waals surface area contributed by atoms with Crippen LogP contribution in [0.3, 0.4) is 0 Å². The zero-order valence-corrected chi connectivity index (χ0v) is 8.64. The van der Waals surface area contributed by atoms with Crippen molar-refractivity contribution in [2.24, 2.45) is 5.73 Å². The Balaban J connectivity index is 2.40. The smallest absolute Gasteiger partial charge is 0.0373 e. The molecule has 0 aromatic carbocycles. The highest BCUT2D eigenvalue weighted by Gasteiger charge is 1.99. The number of nitrogens with two attached hydrogens (primary N) is 1. The Morgan fingerprint density at radius 1 is 1.13 bits per heavy atom. The molecule has 0 unspecified atom stereocenters. The standard InChI is InChI=1S/C12H13N3/c1-9-2-3-11(8-15-9)12-4-10(5-13)6-14-7-12/h2-4,6-8H,5,13H2,1H3. The molecular formula is C12H13N3. The second-order valence-corrected chi connectivity index (χ2v) is 3.47. The van der Waals surface area contributed by atoms with Gasteiger partial charge in [0.15, 0.2) is 0 Å². The van der Waals surface area contributed by atoms with Gasteiger partial charge in [0.1, 0.15) is 0 Å². The minimum atomic E-state index is 0.514. The summed E-state index contributed by atoms with van der Waals surface area (Å²) in [5.41, 5.74) is 9.75. The van der Waals surface area contributed by atoms with E-state index in [4.69, 9.17) is 5.73 Å². The average Bonchev–Trinajstić information content (AvgIpc) is 2.30. The molecule has 0 saturated carbocycles. The first-order valence-electron chi connectivity index (χ1n) is 4.86. The maximum absolute atomic E-state index is 5.57. The number of pyridine rings is 2. The van der Waals surface area contributed by atoms with Gasteiger partial charge in [-0.1, -0.05) is 6.07 Å². The van der Waals surface area contributed by atoms with Crippen molar-refractivity contribution in [1.29, 1.82) is 0 Å². The summed E-state index contributed by atoms with van der Waals surface area (Å²) in [6.07, 6.45) is 5.46. The Hall–Kier alpha value is -1.74. The lowest BCUT2D eigenvalue weighted by Crippen LogP contribution is -1.97. The number of rotatable bonds is 2. The molecule has 3 heteroatoms. The molecule has 2 aromatic heterocycles. The van der Waals surface area contributed by atoms with Gasteiger partial charge in [-0.15, -0.1) is 0 Å². The molecule has 15 heavy (non-hydrogen) atoms. The van der Waals surface area contributed by atoms with Crippen LogP contribution in [-0.2, 0) is 6.54 Å². The normalized spacial score (nSPS) is 10.3. The van der Waals surface area contributed by atoms with E-state index in [1.807, 2.05) is 37.5 Å². The molecule has 0 atom stereocenters. The van der Waals surface area contributed by atoms with E-state index in [9.17, 15) is 0 Å². The van der Waals surface area contributed by atoms with Crippen LogP contribution in [0.4, 0.5) is 0 Å². The minimum absolute atomic E-state index is 0.514. The van der Waals surface area contributed by atoms with E-state index in [1.54, 1.807) is 6.20 Å². The van der Waals surface area contributed by atoms with E-state index in [0.717, 1.165) is 22.4 Å². The summed E-state index contributed by atoms with van der Waals surface area (Å²) in [7, 11) is 0. The molecule has 0 bridgehead atoms. The molecule has 0 amide bonds. The Bertz CT molecular complexity index is 449. The topological polar surface area (TPSA) is 51.8 Å². The summed E-state index contributed by atoms with van der Waals surface area (Å²) in [5.74, 6) is 0. The van der Waals surface area contributed by atoms with Crippen molar-refractivity contribution in [2.75, 3.05) is 0 Å². The second-order valence-electron chi connectivity index (χ2n) is 3.47. The minimum Gasteiger partial charge on any atom is -0.326 e. The molecule has 0 aliphatic rings. The van der Waals surface area contributed by atoms with Crippen LogP contribution in [0.25, 0.3) is 11.1 Å². The molecule has 2 N–H and O–H groups in total. The molecule has 0 fully saturated rings. The van der Waals surface area contributed by atoms with Crippen molar-refractivity contribution in [2.45, 2.75) is 13.5 Å². The van der Waals surface area contributed by atoms with Gasteiger partial charge in [-0.3, -0.25) is 9.97 Å². The van der Waals surface area contributed by atoms with Crippen LogP contribution in [-0.4, -0.2) is 9.97 Å². The van der Waals surface area contributed by atoms with Crippen molar-refractivity contribution < 1.29 is 0 Å². The second kappa shape index (κ2) is 4.19. The molecule has 76 valence electrons. The van der Waals surface area contributed by atoms with Gasteiger partial charge < -0.3 is 5.73 Å². The van der Waals surface area contributed by atoms with Gasteiger partial charge in [0.2, 0.25) is 0 Å². The van der Waals surface area contributed by atoms with Gasteiger partial charge >= 0.3 is 0 Å². The summed E-state index contributed by atoms with van der Waals surface area (Å²) in [5, 5.41) is 0. The van der Waals surface area contributed by atoms with Crippen LogP contribution < -0.4 is 5.73 Å². The Morgan fingerprint density at radius 2 is 2.00 bits per heavy atom. The third-order valence-corrected chi connectivity index (χ3v) is 2.28. The first-order chi connectivity index (χ1) is 7.29. The Morgan fingerprint density at radius 3 is 2.67 bits per heavy atom. The van der Waals surface area contributed by atoms with Crippen molar-refractivity contribution in [3.63, 3.8) is 0 Å². The molecule has 0 radical (unpaired) electrons. The SMILES string of the molecule is Cc1ccc(-c2cncc(CN)c2)cn1. The highest BCUT2D eigenvalue weighted by molar-refractivity contribution is 5.61. The molecule has 0 aliphatic heterocycles. The lowest BCUT2D eigenvalue weighted by atomic mass is 10.1. The molecule has 2 rings (SSSR count). The number of hydrogen-bond acceptors (Lipinski definition) is 3. The van der Waals surface area contributed by atoms with Gasteiger partial charge in [0.25, 0.3) is 0 Å². The Kier molecular flexibility index (Phi) is 2.74. The van der Waals surface area contributed by atoms with Gasteiger partial charge in [-0.2, -0.15) is 0 Å². The first kappa shape index (κ1) is 9.80. The maximum Gasteiger partial charge on any atom is 0.0373 e. The van der Waals surface area contributed by atoms with Crippen LogP contribution in [0.1, 0.15) is 11.3 Å². The monoisotopic (exact) mass is 199 g/mol. The highest BCUT2D eigenvalue weighted by atomic mass is 14.7. The summed E-state index contributed by atoms with van der Waals surface area (Å²) < 4.78 is 0. The van der Waals surface area contributed by atoms with E-state index < -0.39 is 0 Å². The van der Waals surface area contributed by atoms with Gasteiger partial charge in [0, 0.05) is 42.0 Å². The highest BCUT2D eigenvalue weighted by Crippen LogP contribution is 2.18. The van der Waals surface area contributed by atoms with Crippen LogP contribution in [0.15, 0.2) is 36.8 Å². The van der Waals surface area contributed by atoms with E-state index in [0.29, 0.717) is 6.54 Å². The van der Waals surface area contributed by atoms with Crippen molar-refractivity contribution in [3.05, 3.63) is 48.0 Å². The van der Waals surface area contributed by atoms with E-state index >= 15 is 0 Å². The zero-order chi connectivity index (χ0) is 10.7. The summed E-state index contributed by atoms with van der Waals surface area (Å²) in [6, 6.07) is 6.07. The van der Waals surface area contributed by atoms with Crippen LogP contribution in [0, 0.1) is 6.92 Å². The van der Waals surface area contributed by atoms with Crippen molar-refractivity contribution >= 4 is 0 Å². The average molecular weight is 199 g/mol. The van der Waals surface area contributed by atoms with Crippen LogP contribution in [0.2, 0.25) is 0 Å². The largest absolute Gasteiger partial charge is 0.326 e. The molecule has 0 spiro atoms. The number of aryl methyl sites for hydroxylation is 1. The zero-order valence-electron chi connectivity index (χ0n) is 8.64. The third kappa shape index (κ3) is 2.19. The van der Waals surface area contributed by atoms with Crippen LogP contribution in [0.5, 0.6) is 0 Å². The fraction of sp³-hybridized carbons (Fsp3) is 0.167. The lowest BCUT2D eigenvalue weighted by molar-refractivity contribution is 1.05. The van der Waals surface area contributed by atoms with Gasteiger partial charge in [-0.25, -0.2) is 0 Å². The maximum atomic E-state index is 5.57. The molecule has 3 nitrogen and oxygen atoms in total. The van der Waals surface area contributed by atoms with Gasteiger partial charge in [-0.05, 0) is 24.6 Å². The fourth-order valence-electron chi connectivity index (χ4n) is 1.40. The molecule has 0 aliphatic carbocycles. The Labute approximate surface area is 89.0 Å². The molecular weight excluding hydrogens is 186 g/mol. The first-order valence-corrected chi connectivity index (χ1v) is 4.86. The van der Waals surface area contributed by atoms with E-state index in [-0.39, 0.29) is 0 Å². The van der Waals surface area contributed by atoms with E-state index in [1.165, 1.54) is 0 Å². The van der Waals surface area contributed by atoms with Crippen molar-refractivity contribution in [3.8, 4) is 11.1 Å². The van der Waals surface area contributed by atoms with E-state index in [2.05, 4.69) is 9.97 Å². The summed E-state index contributed by atoms with van der Waals surface area (Å²) >= 11 is 0. The number of nitrogens with zero attached hydrogens (tertiary/aromatic N) is 2. The third-order valence-electron chi connectivity index (χ3n) is 2.28. The molecule has 2 aromatic rings. The fourth-order valence-corrected chi connectivity index (χ4v) is 1.40.